The summed E-state index contributed by atoms with van der Waals surface area (Å²) in [4.78, 5) is 46.0. The third-order valence-corrected chi connectivity index (χ3v) is 8.66. The standard InChI is InChI=1S/C33H40N8O2/c1-3-30(42)39-16-14-29(24-39)41-31-27(23-40(33(41)43)22-26-7-5-4-6-8-26)21-34-32(36-31)35-28-11-9-25(10-12-28)13-15-38-19-17-37(2)18-20-38/h3-12,21,29H,1,13-20,22-24H2,2H3,(H,34,35,36)/t29-/m0/s1. The Morgan fingerprint density at radius 2 is 1.79 bits per heavy atom. The molecule has 43 heavy (non-hydrogen) atoms. The van der Waals surface area contributed by atoms with Crippen LogP contribution in [0.2, 0.25) is 0 Å². The van der Waals surface area contributed by atoms with Crippen molar-refractivity contribution in [2.24, 2.45) is 0 Å². The van der Waals surface area contributed by atoms with Gasteiger partial charge in [-0.2, -0.15) is 4.98 Å². The second kappa shape index (κ2) is 12.9. The van der Waals surface area contributed by atoms with Crippen molar-refractivity contribution in [1.29, 1.82) is 0 Å². The number of fused-ring (bicyclic) bond motifs is 1. The summed E-state index contributed by atoms with van der Waals surface area (Å²) in [6.45, 7) is 11.1. The summed E-state index contributed by atoms with van der Waals surface area (Å²) in [5, 5.41) is 3.34. The number of piperazine rings is 1. The Labute approximate surface area is 253 Å². The number of urea groups is 1. The molecule has 4 heterocycles. The van der Waals surface area contributed by atoms with E-state index in [1.807, 2.05) is 41.4 Å². The van der Waals surface area contributed by atoms with E-state index in [9.17, 15) is 9.59 Å². The second-order valence-corrected chi connectivity index (χ2v) is 11.7. The number of aromatic nitrogens is 2. The minimum atomic E-state index is -0.184. The van der Waals surface area contributed by atoms with Crippen LogP contribution in [0, 0.1) is 0 Å². The molecule has 2 aromatic carbocycles. The highest BCUT2D eigenvalue weighted by molar-refractivity contribution is 5.95. The number of benzene rings is 2. The maximum atomic E-state index is 14.0. The quantitative estimate of drug-likeness (QED) is 0.386. The highest BCUT2D eigenvalue weighted by atomic mass is 16.2. The van der Waals surface area contributed by atoms with Crippen LogP contribution in [0.15, 0.2) is 73.4 Å². The average Bonchev–Trinajstić information content (AvgIpc) is 3.52. The maximum Gasteiger partial charge on any atom is 0.326 e. The zero-order valence-corrected chi connectivity index (χ0v) is 24.9. The Morgan fingerprint density at radius 3 is 2.53 bits per heavy atom. The number of likely N-dealkylation sites (tertiary alicyclic amines) is 1. The lowest BCUT2D eigenvalue weighted by atomic mass is 10.1. The maximum absolute atomic E-state index is 14.0. The van der Waals surface area contributed by atoms with Gasteiger partial charge in [-0.1, -0.05) is 49.0 Å². The topological polar surface area (TPSA) is 88.1 Å². The number of hydrogen-bond donors (Lipinski definition) is 1. The van der Waals surface area contributed by atoms with Gasteiger partial charge < -0.3 is 24.9 Å². The lowest BCUT2D eigenvalue weighted by molar-refractivity contribution is -0.125. The molecular formula is C33H40N8O2. The fourth-order valence-electron chi connectivity index (χ4n) is 6.08. The second-order valence-electron chi connectivity index (χ2n) is 11.7. The Kier molecular flexibility index (Phi) is 8.67. The van der Waals surface area contributed by atoms with Gasteiger partial charge in [-0.25, -0.2) is 9.78 Å². The van der Waals surface area contributed by atoms with Crippen LogP contribution in [-0.4, -0.2) is 100 Å². The lowest BCUT2D eigenvalue weighted by Gasteiger charge is -2.39. The minimum absolute atomic E-state index is 0.108. The van der Waals surface area contributed by atoms with Crippen LogP contribution in [0.3, 0.4) is 0 Å². The first kappa shape index (κ1) is 28.8. The first-order chi connectivity index (χ1) is 21.0. The molecule has 3 aromatic rings. The Hall–Kier alpha value is -4.28. The molecule has 6 rings (SSSR count). The number of carbonyl (C=O) groups is 2. The van der Waals surface area contributed by atoms with Crippen LogP contribution in [-0.2, 0) is 24.3 Å². The molecular weight excluding hydrogens is 540 g/mol. The van der Waals surface area contributed by atoms with Crippen LogP contribution in [0.4, 0.5) is 22.2 Å². The van der Waals surface area contributed by atoms with Gasteiger partial charge in [0.1, 0.15) is 5.82 Å². The van der Waals surface area contributed by atoms with E-state index in [-0.39, 0.29) is 18.0 Å². The Balaban J connectivity index is 1.18. The zero-order valence-electron chi connectivity index (χ0n) is 24.9. The summed E-state index contributed by atoms with van der Waals surface area (Å²) in [6.07, 6.45) is 4.83. The average molecular weight is 581 g/mol. The van der Waals surface area contributed by atoms with E-state index in [2.05, 4.69) is 58.0 Å². The van der Waals surface area contributed by atoms with E-state index < -0.39 is 0 Å². The van der Waals surface area contributed by atoms with E-state index >= 15 is 0 Å². The molecule has 1 N–H and O–H groups in total. The van der Waals surface area contributed by atoms with Gasteiger partial charge in [0, 0.05) is 69.8 Å². The van der Waals surface area contributed by atoms with Crippen LogP contribution < -0.4 is 10.2 Å². The zero-order chi connectivity index (χ0) is 29.8. The van der Waals surface area contributed by atoms with Gasteiger partial charge in [0.25, 0.3) is 0 Å². The number of hydrogen-bond acceptors (Lipinski definition) is 7. The molecule has 1 aromatic heterocycles. The number of amides is 3. The van der Waals surface area contributed by atoms with Crippen molar-refractivity contribution >= 4 is 29.4 Å². The van der Waals surface area contributed by atoms with Crippen LogP contribution >= 0.6 is 0 Å². The van der Waals surface area contributed by atoms with E-state index in [0.717, 1.165) is 56.0 Å². The summed E-state index contributed by atoms with van der Waals surface area (Å²) in [5.74, 6) is 0.925. The number of likely N-dealkylation sites (N-methyl/N-ethyl adjacent to an activating group) is 1. The van der Waals surface area contributed by atoms with Gasteiger partial charge in [0.15, 0.2) is 0 Å². The SMILES string of the molecule is C=CC(=O)N1CC[C@H](N2C(=O)N(Cc3ccccc3)Cc3cnc(Nc4ccc(CCN5CCN(C)CC5)cc4)nc32)C1. The fraction of sp³-hybridized carbons (Fsp3) is 0.394. The molecule has 0 radical (unpaired) electrons. The van der Waals surface area contributed by atoms with Crippen molar-refractivity contribution in [2.75, 3.05) is 63.1 Å². The molecule has 10 heteroatoms. The molecule has 3 aliphatic rings. The van der Waals surface area contributed by atoms with Crippen LogP contribution in [0.1, 0.15) is 23.1 Å². The molecule has 10 nitrogen and oxygen atoms in total. The molecule has 0 bridgehead atoms. The van der Waals surface area contributed by atoms with Gasteiger partial charge in [0.05, 0.1) is 12.6 Å². The predicted molar refractivity (Wildman–Crippen MR) is 168 cm³/mol. The molecule has 1 atom stereocenters. The number of carbonyl (C=O) groups excluding carboxylic acids is 2. The van der Waals surface area contributed by atoms with E-state index in [0.29, 0.717) is 44.4 Å². The highest BCUT2D eigenvalue weighted by Gasteiger charge is 2.40. The molecule has 0 spiro atoms. The summed E-state index contributed by atoms with van der Waals surface area (Å²) in [6, 6.07) is 18.1. The van der Waals surface area contributed by atoms with Gasteiger partial charge in [-0.05, 0) is 49.2 Å². The van der Waals surface area contributed by atoms with Gasteiger partial charge >= 0.3 is 6.03 Å². The van der Waals surface area contributed by atoms with Crippen LogP contribution in [0.25, 0.3) is 0 Å². The molecule has 3 aliphatic heterocycles. The molecule has 3 amide bonds. The van der Waals surface area contributed by atoms with E-state index in [4.69, 9.17) is 4.98 Å². The normalized spacial score (nSPS) is 19.4. The van der Waals surface area contributed by atoms with Crippen molar-refractivity contribution in [3.63, 3.8) is 0 Å². The van der Waals surface area contributed by atoms with Crippen molar-refractivity contribution in [3.8, 4) is 0 Å². The monoisotopic (exact) mass is 580 g/mol. The van der Waals surface area contributed by atoms with Crippen molar-refractivity contribution < 1.29 is 9.59 Å². The van der Waals surface area contributed by atoms with Crippen molar-refractivity contribution in [3.05, 3.63) is 90.1 Å². The molecule has 2 fully saturated rings. The number of rotatable bonds is 9. The summed E-state index contributed by atoms with van der Waals surface area (Å²) in [7, 11) is 2.18. The molecule has 0 saturated carbocycles. The lowest BCUT2D eigenvalue weighted by Crippen LogP contribution is -2.52. The first-order valence-electron chi connectivity index (χ1n) is 15.1. The van der Waals surface area contributed by atoms with Gasteiger partial charge in [-0.15, -0.1) is 0 Å². The summed E-state index contributed by atoms with van der Waals surface area (Å²) >= 11 is 0. The van der Waals surface area contributed by atoms with E-state index in [1.54, 1.807) is 9.80 Å². The molecule has 0 unspecified atom stereocenters. The number of nitrogens with one attached hydrogen (secondary N) is 1. The smallest absolute Gasteiger partial charge is 0.326 e. The van der Waals surface area contributed by atoms with Crippen molar-refractivity contribution in [1.82, 2.24) is 29.6 Å². The highest BCUT2D eigenvalue weighted by Crippen LogP contribution is 2.33. The van der Waals surface area contributed by atoms with E-state index in [1.165, 1.54) is 11.6 Å². The predicted octanol–water partition coefficient (Wildman–Crippen LogP) is 3.74. The van der Waals surface area contributed by atoms with Gasteiger partial charge in [0.2, 0.25) is 11.9 Å². The molecule has 0 aliphatic carbocycles. The first-order valence-corrected chi connectivity index (χ1v) is 15.1. The fourth-order valence-corrected chi connectivity index (χ4v) is 6.08. The van der Waals surface area contributed by atoms with Gasteiger partial charge in [-0.3, -0.25) is 9.69 Å². The third-order valence-electron chi connectivity index (χ3n) is 8.66. The molecule has 2 saturated heterocycles. The largest absolute Gasteiger partial charge is 0.337 e. The number of nitrogens with zero attached hydrogens (tertiary/aromatic N) is 7. The third kappa shape index (κ3) is 6.71. The Bertz CT molecular complexity index is 1440. The summed E-state index contributed by atoms with van der Waals surface area (Å²) < 4.78 is 0. The minimum Gasteiger partial charge on any atom is -0.337 e. The van der Waals surface area contributed by atoms with Crippen molar-refractivity contribution in [2.45, 2.75) is 32.0 Å². The Morgan fingerprint density at radius 1 is 1.02 bits per heavy atom. The summed E-state index contributed by atoms with van der Waals surface area (Å²) in [5.41, 5.74) is 4.13. The number of anilines is 3. The molecule has 224 valence electrons. The van der Waals surface area contributed by atoms with Crippen LogP contribution in [0.5, 0.6) is 0 Å².